The van der Waals surface area contributed by atoms with E-state index in [1.807, 2.05) is 0 Å². The first-order valence-corrected chi connectivity index (χ1v) is 27.1. The van der Waals surface area contributed by atoms with Crippen molar-refractivity contribution in [3.8, 4) is 0 Å². The third kappa shape index (κ3) is 44.7. The Morgan fingerprint density at radius 1 is 0.475 bits per heavy atom. The largest absolute Gasteiger partial charge is 0.462 e. The summed E-state index contributed by atoms with van der Waals surface area (Å²) in [6.45, 7) is 6.49. The molecule has 3 atom stereocenters. The molecule has 3 N–H and O–H groups in total. The van der Waals surface area contributed by atoms with Gasteiger partial charge >= 0.3 is 5.97 Å². The van der Waals surface area contributed by atoms with E-state index >= 15 is 0 Å². The van der Waals surface area contributed by atoms with Crippen molar-refractivity contribution in [3.05, 3.63) is 24.3 Å². The van der Waals surface area contributed by atoms with Gasteiger partial charge in [-0.1, -0.05) is 251 Å². The van der Waals surface area contributed by atoms with Gasteiger partial charge in [0.05, 0.1) is 25.2 Å². The van der Waals surface area contributed by atoms with Crippen molar-refractivity contribution in [1.29, 1.82) is 0 Å². The molecule has 0 bridgehead atoms. The quantitative estimate of drug-likeness (QED) is 0.0322. The maximum absolute atomic E-state index is 13.2. The van der Waals surface area contributed by atoms with Crippen LogP contribution in [0.3, 0.4) is 0 Å². The van der Waals surface area contributed by atoms with Gasteiger partial charge in [0.2, 0.25) is 5.91 Å². The van der Waals surface area contributed by atoms with E-state index in [2.05, 4.69) is 50.4 Å². The van der Waals surface area contributed by atoms with Gasteiger partial charge in [-0.25, -0.2) is 0 Å². The number of hydrogen-bond acceptors (Lipinski definition) is 5. The summed E-state index contributed by atoms with van der Waals surface area (Å²) in [6, 6.07) is -0.705. The number of esters is 1. The van der Waals surface area contributed by atoms with E-state index in [4.69, 9.17) is 4.74 Å². The highest BCUT2D eigenvalue weighted by Crippen LogP contribution is 2.18. The van der Waals surface area contributed by atoms with Gasteiger partial charge in [0, 0.05) is 6.42 Å². The molecular weight excluding hydrogens is 755 g/mol. The molecule has 0 aliphatic carbocycles. The smallest absolute Gasteiger partial charge is 0.306 e. The topological polar surface area (TPSA) is 95.9 Å². The minimum atomic E-state index is -0.791. The third-order valence-electron chi connectivity index (χ3n) is 12.6. The Hall–Kier alpha value is -1.66. The van der Waals surface area contributed by atoms with Gasteiger partial charge in [-0.05, 0) is 51.4 Å². The van der Waals surface area contributed by atoms with E-state index in [9.17, 15) is 19.8 Å². The molecule has 360 valence electrons. The molecule has 0 fully saturated rings. The van der Waals surface area contributed by atoms with Crippen LogP contribution in [0, 0.1) is 0 Å². The van der Waals surface area contributed by atoms with Crippen LogP contribution in [0.5, 0.6) is 0 Å². The predicted molar refractivity (Wildman–Crippen MR) is 264 cm³/mol. The summed E-state index contributed by atoms with van der Waals surface area (Å²) in [5.74, 6) is -0.486. The zero-order chi connectivity index (χ0) is 44.5. The molecule has 0 aliphatic heterocycles. The van der Waals surface area contributed by atoms with Crippen LogP contribution >= 0.6 is 0 Å². The van der Waals surface area contributed by atoms with Crippen LogP contribution in [-0.2, 0) is 14.3 Å². The summed E-state index contributed by atoms with van der Waals surface area (Å²) in [4.78, 5) is 26.1. The number of hydrogen-bond donors (Lipinski definition) is 3. The van der Waals surface area contributed by atoms with Crippen LogP contribution in [0.4, 0.5) is 0 Å². The number of nitrogens with one attached hydrogen (secondary N) is 1. The van der Waals surface area contributed by atoms with Crippen LogP contribution in [-0.4, -0.2) is 46.9 Å². The van der Waals surface area contributed by atoms with Gasteiger partial charge in [0.1, 0.15) is 6.10 Å². The van der Waals surface area contributed by atoms with Crippen molar-refractivity contribution in [1.82, 2.24) is 5.32 Å². The predicted octanol–water partition coefficient (Wildman–Crippen LogP) is 16.3. The minimum absolute atomic E-state index is 0.0651. The Morgan fingerprint density at radius 3 is 1.23 bits per heavy atom. The fraction of sp³-hybridized carbons (Fsp3) is 0.891. The van der Waals surface area contributed by atoms with Crippen LogP contribution in [0.1, 0.15) is 290 Å². The van der Waals surface area contributed by atoms with E-state index < -0.39 is 18.2 Å². The maximum Gasteiger partial charge on any atom is 0.306 e. The lowest BCUT2D eigenvalue weighted by Crippen LogP contribution is -2.46. The number of aliphatic hydroxyl groups is 2. The summed E-state index contributed by atoms with van der Waals surface area (Å²) in [5, 5.41) is 23.8. The molecule has 6 nitrogen and oxygen atoms in total. The summed E-state index contributed by atoms with van der Waals surface area (Å²) in [5.41, 5.74) is 0. The molecule has 6 heteroatoms. The molecule has 0 radical (unpaired) electrons. The Kier molecular flexibility index (Phi) is 48.0. The zero-order valence-electron chi connectivity index (χ0n) is 41.1. The number of amides is 1. The highest BCUT2D eigenvalue weighted by molar-refractivity contribution is 5.77. The molecule has 61 heavy (non-hydrogen) atoms. The molecule has 0 saturated carbocycles. The Morgan fingerprint density at radius 2 is 0.820 bits per heavy atom. The van der Waals surface area contributed by atoms with Crippen LogP contribution in [0.15, 0.2) is 24.3 Å². The van der Waals surface area contributed by atoms with Gasteiger partial charge in [-0.15, -0.1) is 0 Å². The highest BCUT2D eigenvalue weighted by Gasteiger charge is 2.24. The Bertz CT molecular complexity index is 966. The molecule has 0 heterocycles. The number of carbonyl (C=O) groups is 2. The van der Waals surface area contributed by atoms with Crippen LogP contribution < -0.4 is 5.32 Å². The summed E-state index contributed by atoms with van der Waals surface area (Å²) in [7, 11) is 0. The molecular formula is C55H105NO5. The summed E-state index contributed by atoms with van der Waals surface area (Å²) in [6.07, 6.45) is 56.7. The van der Waals surface area contributed by atoms with Crippen LogP contribution in [0.2, 0.25) is 0 Å². The van der Waals surface area contributed by atoms with Gasteiger partial charge in [-0.3, -0.25) is 9.59 Å². The summed E-state index contributed by atoms with van der Waals surface area (Å²) < 4.78 is 5.93. The van der Waals surface area contributed by atoms with E-state index in [0.717, 1.165) is 64.2 Å². The average molecular weight is 860 g/mol. The van der Waals surface area contributed by atoms with Crippen molar-refractivity contribution < 1.29 is 24.5 Å². The lowest BCUT2D eigenvalue weighted by molar-refractivity contribution is -0.151. The highest BCUT2D eigenvalue weighted by atomic mass is 16.5. The number of unbranched alkanes of at least 4 members (excludes halogenated alkanes) is 34. The zero-order valence-corrected chi connectivity index (χ0v) is 41.1. The van der Waals surface area contributed by atoms with E-state index in [1.54, 1.807) is 0 Å². The fourth-order valence-electron chi connectivity index (χ4n) is 8.42. The second-order valence-electron chi connectivity index (χ2n) is 18.7. The first-order chi connectivity index (χ1) is 30.0. The lowest BCUT2D eigenvalue weighted by Gasteiger charge is -2.24. The SMILES string of the molecule is CCCCCCCCC/C=C/C=C/CCCCCC(CC(=O)NC(CO)C(O)CCCCCCCCCCCCCCCCC)OC(=O)CCCCCCCCCCCCC. The standard InChI is InChI=1S/C55H105NO5/c1-4-7-10-13-16-19-22-24-26-28-29-32-34-37-40-43-46-51(61-55(60)48-45-42-39-36-31-21-18-15-12-9-6-3)49-54(59)56-52(50-57)53(58)47-44-41-38-35-33-30-27-25-23-20-17-14-11-8-5-2/h26,28-29,32,51-53,57-58H,4-25,27,30-31,33-50H2,1-3H3,(H,56,59)/b28-26+,32-29+. The van der Waals surface area contributed by atoms with Crippen molar-refractivity contribution in [2.45, 2.75) is 309 Å². The van der Waals surface area contributed by atoms with Gasteiger partial charge in [-0.2, -0.15) is 0 Å². The van der Waals surface area contributed by atoms with Crippen molar-refractivity contribution >= 4 is 11.9 Å². The second kappa shape index (κ2) is 49.4. The monoisotopic (exact) mass is 860 g/mol. The molecule has 0 saturated heterocycles. The van der Waals surface area contributed by atoms with Crippen LogP contribution in [0.25, 0.3) is 0 Å². The lowest BCUT2D eigenvalue weighted by atomic mass is 10.0. The molecule has 0 aliphatic rings. The average Bonchev–Trinajstić information content (AvgIpc) is 3.25. The third-order valence-corrected chi connectivity index (χ3v) is 12.6. The minimum Gasteiger partial charge on any atom is -0.462 e. The molecule has 3 unspecified atom stereocenters. The van der Waals surface area contributed by atoms with E-state index in [1.165, 1.54) is 180 Å². The van der Waals surface area contributed by atoms with Crippen molar-refractivity contribution in [2.75, 3.05) is 6.61 Å². The first-order valence-electron chi connectivity index (χ1n) is 27.1. The Labute approximate surface area is 380 Å². The normalized spacial score (nSPS) is 13.3. The fourth-order valence-corrected chi connectivity index (χ4v) is 8.42. The number of allylic oxidation sites excluding steroid dienone is 4. The number of carbonyl (C=O) groups excluding carboxylic acids is 2. The Balaban J connectivity index is 4.56. The van der Waals surface area contributed by atoms with E-state index in [0.29, 0.717) is 19.3 Å². The molecule has 1 amide bonds. The molecule has 0 aromatic heterocycles. The van der Waals surface area contributed by atoms with Crippen molar-refractivity contribution in [3.63, 3.8) is 0 Å². The van der Waals surface area contributed by atoms with Gasteiger partial charge < -0.3 is 20.3 Å². The molecule has 0 aromatic carbocycles. The molecule has 0 spiro atoms. The van der Waals surface area contributed by atoms with Crippen molar-refractivity contribution in [2.24, 2.45) is 0 Å². The number of rotatable bonds is 49. The number of aliphatic hydroxyl groups excluding tert-OH is 2. The van der Waals surface area contributed by atoms with Gasteiger partial charge in [0.25, 0.3) is 0 Å². The second-order valence-corrected chi connectivity index (χ2v) is 18.7. The maximum atomic E-state index is 13.2. The molecule has 0 aromatic rings. The number of ether oxygens (including phenoxy) is 1. The van der Waals surface area contributed by atoms with Gasteiger partial charge in [0.15, 0.2) is 0 Å². The first kappa shape index (κ1) is 59.3. The summed E-state index contributed by atoms with van der Waals surface area (Å²) >= 11 is 0. The van der Waals surface area contributed by atoms with E-state index in [-0.39, 0.29) is 24.9 Å². The molecule has 0 rings (SSSR count).